The van der Waals surface area contributed by atoms with Crippen molar-refractivity contribution < 1.29 is 18.7 Å². The first-order chi connectivity index (χ1) is 14.1. The number of aromatic nitrogens is 1. The number of carbonyl (C=O) groups is 1. The van der Waals surface area contributed by atoms with Gasteiger partial charge in [0.05, 0.1) is 25.5 Å². The number of anilines is 1. The molecule has 0 radical (unpaired) electrons. The minimum Gasteiger partial charge on any atom is -0.497 e. The summed E-state index contributed by atoms with van der Waals surface area (Å²) < 4.78 is 24.4. The van der Waals surface area contributed by atoms with Gasteiger partial charge in [-0.1, -0.05) is 12.1 Å². The molecule has 7 heteroatoms. The van der Waals surface area contributed by atoms with Crippen molar-refractivity contribution in [3.8, 4) is 17.0 Å². The predicted octanol–water partition coefficient (Wildman–Crippen LogP) is 4.29. The van der Waals surface area contributed by atoms with Crippen LogP contribution in [0.3, 0.4) is 0 Å². The van der Waals surface area contributed by atoms with Crippen LogP contribution in [0.2, 0.25) is 0 Å². The van der Waals surface area contributed by atoms with Gasteiger partial charge in [-0.05, 0) is 42.0 Å². The second-order valence-electron chi connectivity index (χ2n) is 6.15. The smallest absolute Gasteiger partial charge is 0.337 e. The predicted molar refractivity (Wildman–Crippen MR) is 109 cm³/mol. The highest BCUT2D eigenvalue weighted by molar-refractivity contribution is 5.95. The second kappa shape index (κ2) is 8.97. The van der Waals surface area contributed by atoms with E-state index in [0.717, 1.165) is 23.6 Å². The minimum absolute atomic E-state index is 0.110. The van der Waals surface area contributed by atoms with Gasteiger partial charge in [-0.3, -0.25) is 4.98 Å². The molecule has 3 rings (SSSR count). The molecule has 0 aliphatic rings. The number of hydrogen-bond donors (Lipinski definition) is 2. The van der Waals surface area contributed by atoms with Crippen LogP contribution in [0.5, 0.6) is 5.75 Å². The minimum atomic E-state index is -0.620. The molecule has 1 heterocycles. The number of rotatable bonds is 7. The summed E-state index contributed by atoms with van der Waals surface area (Å²) in [6, 6.07) is 13.4. The number of nitrogens with zero attached hydrogens (tertiary/aromatic N) is 1. The van der Waals surface area contributed by atoms with Crippen molar-refractivity contribution in [2.45, 2.75) is 6.54 Å². The first-order valence-electron chi connectivity index (χ1n) is 8.82. The van der Waals surface area contributed by atoms with Gasteiger partial charge in [-0.25, -0.2) is 9.18 Å². The van der Waals surface area contributed by atoms with E-state index >= 15 is 0 Å². The third-order valence-corrected chi connectivity index (χ3v) is 4.42. The molecule has 1 aromatic heterocycles. The highest BCUT2D eigenvalue weighted by Crippen LogP contribution is 2.29. The lowest BCUT2D eigenvalue weighted by atomic mass is 10.0. The number of methoxy groups -OCH3 is 2. The van der Waals surface area contributed by atoms with Crippen LogP contribution in [-0.2, 0) is 11.3 Å². The van der Waals surface area contributed by atoms with Crippen molar-refractivity contribution in [3.63, 3.8) is 0 Å². The number of benzene rings is 2. The summed E-state index contributed by atoms with van der Waals surface area (Å²) in [5.74, 6) is -0.465. The average Bonchev–Trinajstić information content (AvgIpc) is 2.77. The molecule has 0 spiro atoms. The Morgan fingerprint density at radius 1 is 1.17 bits per heavy atom. The van der Waals surface area contributed by atoms with Crippen molar-refractivity contribution >= 4 is 17.9 Å². The van der Waals surface area contributed by atoms with E-state index in [1.54, 1.807) is 19.4 Å². The summed E-state index contributed by atoms with van der Waals surface area (Å²) in [4.78, 5) is 15.8. The third kappa shape index (κ3) is 4.40. The van der Waals surface area contributed by atoms with Gasteiger partial charge in [0, 0.05) is 35.8 Å². The monoisotopic (exact) mass is 393 g/mol. The zero-order valence-corrected chi connectivity index (χ0v) is 16.0. The Hall–Kier alpha value is -3.74. The molecule has 0 amide bonds. The molecule has 0 unspecified atom stereocenters. The number of ether oxygens (including phenoxy) is 2. The van der Waals surface area contributed by atoms with Crippen molar-refractivity contribution in [1.29, 1.82) is 5.41 Å². The van der Waals surface area contributed by atoms with Gasteiger partial charge in [0.2, 0.25) is 0 Å². The van der Waals surface area contributed by atoms with Gasteiger partial charge >= 0.3 is 5.97 Å². The maximum Gasteiger partial charge on any atom is 0.337 e. The standard InChI is InChI=1S/C22H20FN3O3/c1-28-16-6-3-14(4-7-16)13-26-20-9-10-25-21(18(20)12-24)17-8-5-15(11-19(17)23)22(27)29-2/h3-12,24H,13H2,1-2H3,(H,25,26). The lowest BCUT2D eigenvalue weighted by Gasteiger charge is -2.14. The van der Waals surface area contributed by atoms with Crippen LogP contribution in [0, 0.1) is 11.2 Å². The zero-order valence-electron chi connectivity index (χ0n) is 16.0. The Kier molecular flexibility index (Phi) is 6.19. The molecule has 0 fully saturated rings. The van der Waals surface area contributed by atoms with E-state index in [1.807, 2.05) is 24.3 Å². The average molecular weight is 393 g/mol. The van der Waals surface area contributed by atoms with Gasteiger partial charge in [0.15, 0.2) is 0 Å². The van der Waals surface area contributed by atoms with Crippen LogP contribution in [0.4, 0.5) is 10.1 Å². The maximum absolute atomic E-state index is 14.6. The Morgan fingerprint density at radius 2 is 1.93 bits per heavy atom. The second-order valence-corrected chi connectivity index (χ2v) is 6.15. The molecule has 0 aliphatic heterocycles. The van der Waals surface area contributed by atoms with Crippen LogP contribution in [0.15, 0.2) is 54.7 Å². The molecule has 2 N–H and O–H groups in total. The summed E-state index contributed by atoms with van der Waals surface area (Å²) in [5.41, 5.74) is 2.74. The van der Waals surface area contributed by atoms with E-state index in [4.69, 9.17) is 10.1 Å². The molecule has 3 aromatic rings. The first-order valence-corrected chi connectivity index (χ1v) is 8.82. The molecule has 0 aliphatic carbocycles. The van der Waals surface area contributed by atoms with Gasteiger partial charge in [-0.15, -0.1) is 0 Å². The normalized spacial score (nSPS) is 10.3. The number of pyridine rings is 1. The SMILES string of the molecule is COC(=O)c1ccc(-c2nccc(NCc3ccc(OC)cc3)c2C=N)c(F)c1. The lowest BCUT2D eigenvalue weighted by molar-refractivity contribution is 0.0600. The van der Waals surface area contributed by atoms with Crippen LogP contribution in [0.1, 0.15) is 21.5 Å². The lowest BCUT2D eigenvalue weighted by Crippen LogP contribution is -2.06. The van der Waals surface area contributed by atoms with Crippen LogP contribution < -0.4 is 10.1 Å². The fourth-order valence-corrected chi connectivity index (χ4v) is 2.88. The highest BCUT2D eigenvalue weighted by Gasteiger charge is 2.16. The number of esters is 1. The number of halogens is 1. The molecule has 0 saturated heterocycles. The van der Waals surface area contributed by atoms with E-state index in [-0.39, 0.29) is 11.1 Å². The van der Waals surface area contributed by atoms with Crippen LogP contribution >= 0.6 is 0 Å². The highest BCUT2D eigenvalue weighted by atomic mass is 19.1. The Morgan fingerprint density at radius 3 is 2.55 bits per heavy atom. The summed E-state index contributed by atoms with van der Waals surface area (Å²) >= 11 is 0. The van der Waals surface area contributed by atoms with E-state index in [2.05, 4.69) is 15.0 Å². The van der Waals surface area contributed by atoms with Crippen molar-refractivity contribution in [2.75, 3.05) is 19.5 Å². The van der Waals surface area contributed by atoms with Crippen LogP contribution in [-0.4, -0.2) is 31.4 Å². The summed E-state index contributed by atoms with van der Waals surface area (Å²) in [6.07, 6.45) is 2.68. The molecule has 29 heavy (non-hydrogen) atoms. The maximum atomic E-state index is 14.6. The van der Waals surface area contributed by atoms with E-state index in [0.29, 0.717) is 23.5 Å². The Labute approximate surface area is 167 Å². The molecule has 6 nitrogen and oxygen atoms in total. The van der Waals surface area contributed by atoms with Crippen molar-refractivity contribution in [1.82, 2.24) is 4.98 Å². The molecule has 0 bridgehead atoms. The topological polar surface area (TPSA) is 84.3 Å². The van der Waals surface area contributed by atoms with E-state index in [1.165, 1.54) is 19.2 Å². The van der Waals surface area contributed by atoms with Gasteiger partial charge in [0.25, 0.3) is 0 Å². The number of carbonyl (C=O) groups excluding carboxylic acids is 1. The summed E-state index contributed by atoms with van der Waals surface area (Å²) in [7, 11) is 2.85. The molecular weight excluding hydrogens is 373 g/mol. The van der Waals surface area contributed by atoms with Gasteiger partial charge in [-0.2, -0.15) is 0 Å². The van der Waals surface area contributed by atoms with Crippen molar-refractivity contribution in [2.24, 2.45) is 0 Å². The molecule has 148 valence electrons. The van der Waals surface area contributed by atoms with Crippen LogP contribution in [0.25, 0.3) is 11.3 Å². The van der Waals surface area contributed by atoms with E-state index < -0.39 is 11.8 Å². The third-order valence-electron chi connectivity index (χ3n) is 4.42. The molecular formula is C22H20FN3O3. The van der Waals surface area contributed by atoms with Gasteiger partial charge in [0.1, 0.15) is 11.6 Å². The largest absolute Gasteiger partial charge is 0.497 e. The number of hydrogen-bond acceptors (Lipinski definition) is 6. The molecule has 0 saturated carbocycles. The molecule has 0 atom stereocenters. The molecule has 2 aromatic carbocycles. The van der Waals surface area contributed by atoms with Crippen molar-refractivity contribution in [3.05, 3.63) is 77.2 Å². The number of nitrogens with one attached hydrogen (secondary N) is 2. The van der Waals surface area contributed by atoms with E-state index in [9.17, 15) is 9.18 Å². The van der Waals surface area contributed by atoms with Gasteiger partial charge < -0.3 is 20.2 Å². The zero-order chi connectivity index (χ0) is 20.8. The Bertz CT molecular complexity index is 1040. The quantitative estimate of drug-likeness (QED) is 0.462. The summed E-state index contributed by atoms with van der Waals surface area (Å²) in [5, 5.41) is 11.1. The fourth-order valence-electron chi connectivity index (χ4n) is 2.88. The Balaban J connectivity index is 1.89. The first kappa shape index (κ1) is 20.0. The fraction of sp³-hybridized carbons (Fsp3) is 0.136. The summed E-state index contributed by atoms with van der Waals surface area (Å²) in [6.45, 7) is 0.512.